The average molecular weight is 263 g/mol. The van der Waals surface area contributed by atoms with Gasteiger partial charge in [-0.15, -0.1) is 0 Å². The van der Waals surface area contributed by atoms with E-state index in [1.165, 1.54) is 16.7 Å². The summed E-state index contributed by atoms with van der Waals surface area (Å²) in [6.45, 7) is 1.72. The predicted molar refractivity (Wildman–Crippen MR) is 78.9 cm³/mol. The van der Waals surface area contributed by atoms with Crippen molar-refractivity contribution in [2.24, 2.45) is 0 Å². The van der Waals surface area contributed by atoms with Crippen LogP contribution in [0.1, 0.15) is 33.0 Å². The quantitative estimate of drug-likeness (QED) is 0.815. The van der Waals surface area contributed by atoms with Gasteiger partial charge in [0.2, 0.25) is 0 Å². The summed E-state index contributed by atoms with van der Waals surface area (Å²) in [6, 6.07) is 16.6. The number of benzene rings is 2. The highest BCUT2D eigenvalue weighted by Gasteiger charge is 2.31. The van der Waals surface area contributed by atoms with Gasteiger partial charge in [0, 0.05) is 24.6 Å². The van der Waals surface area contributed by atoms with Gasteiger partial charge in [0.1, 0.15) is 0 Å². The highest BCUT2D eigenvalue weighted by atomic mass is 16.2. The summed E-state index contributed by atoms with van der Waals surface area (Å²) in [5, 5.41) is 0. The third-order valence-corrected chi connectivity index (χ3v) is 4.59. The van der Waals surface area contributed by atoms with Gasteiger partial charge in [-0.05, 0) is 35.6 Å². The summed E-state index contributed by atoms with van der Waals surface area (Å²) in [6.07, 6.45) is 2.10. The van der Waals surface area contributed by atoms with Crippen LogP contribution in [-0.2, 0) is 12.8 Å². The van der Waals surface area contributed by atoms with Crippen molar-refractivity contribution in [2.75, 3.05) is 13.1 Å². The Bertz CT molecular complexity index is 677. The van der Waals surface area contributed by atoms with E-state index in [1.54, 1.807) is 0 Å². The van der Waals surface area contributed by atoms with E-state index in [2.05, 4.69) is 30.3 Å². The van der Waals surface area contributed by atoms with Gasteiger partial charge >= 0.3 is 0 Å². The van der Waals surface area contributed by atoms with Crippen LogP contribution < -0.4 is 0 Å². The molecule has 2 aromatic rings. The maximum Gasteiger partial charge on any atom is 0.254 e. The molecule has 0 spiro atoms. The summed E-state index contributed by atoms with van der Waals surface area (Å²) in [5.74, 6) is 0.733. The lowest BCUT2D eigenvalue weighted by molar-refractivity contribution is 0.0724. The van der Waals surface area contributed by atoms with Crippen LogP contribution in [0, 0.1) is 0 Å². The Morgan fingerprint density at radius 2 is 1.75 bits per heavy atom. The minimum atomic E-state index is 0.205. The van der Waals surface area contributed by atoms with Crippen LogP contribution in [0.5, 0.6) is 0 Å². The van der Waals surface area contributed by atoms with Gasteiger partial charge in [0.05, 0.1) is 0 Å². The SMILES string of the molecule is O=C1c2ccccc2CCN1CC1Cc2ccccc21. The molecular formula is C18H17NO. The molecule has 0 bridgehead atoms. The van der Waals surface area contributed by atoms with Crippen LogP contribution in [0.25, 0.3) is 0 Å². The molecule has 1 aliphatic heterocycles. The minimum absolute atomic E-state index is 0.205. The zero-order chi connectivity index (χ0) is 13.5. The van der Waals surface area contributed by atoms with E-state index in [4.69, 9.17) is 0 Å². The molecule has 2 aromatic carbocycles. The molecule has 1 amide bonds. The van der Waals surface area contributed by atoms with Crippen molar-refractivity contribution in [1.82, 2.24) is 4.90 Å². The first-order chi connectivity index (χ1) is 9.83. The van der Waals surface area contributed by atoms with Gasteiger partial charge in [-0.25, -0.2) is 0 Å². The first kappa shape index (κ1) is 11.7. The molecule has 0 radical (unpaired) electrons. The molecule has 2 heteroatoms. The smallest absolute Gasteiger partial charge is 0.254 e. The number of amides is 1. The van der Waals surface area contributed by atoms with Crippen LogP contribution in [0.3, 0.4) is 0 Å². The lowest BCUT2D eigenvalue weighted by atomic mass is 9.77. The van der Waals surface area contributed by atoms with E-state index in [9.17, 15) is 4.79 Å². The molecule has 1 heterocycles. The third-order valence-electron chi connectivity index (χ3n) is 4.59. The van der Waals surface area contributed by atoms with E-state index in [0.29, 0.717) is 5.92 Å². The van der Waals surface area contributed by atoms with Gasteiger partial charge in [-0.2, -0.15) is 0 Å². The van der Waals surface area contributed by atoms with E-state index >= 15 is 0 Å². The fraction of sp³-hybridized carbons (Fsp3) is 0.278. The summed E-state index contributed by atoms with van der Waals surface area (Å²) in [4.78, 5) is 14.6. The van der Waals surface area contributed by atoms with Crippen LogP contribution >= 0.6 is 0 Å². The van der Waals surface area contributed by atoms with Gasteiger partial charge in [-0.3, -0.25) is 4.79 Å². The van der Waals surface area contributed by atoms with E-state index in [-0.39, 0.29) is 5.91 Å². The average Bonchev–Trinajstić information content (AvgIpc) is 2.47. The molecule has 20 heavy (non-hydrogen) atoms. The Labute approximate surface area is 119 Å². The Kier molecular flexibility index (Phi) is 2.62. The number of fused-ring (bicyclic) bond motifs is 2. The first-order valence-electron chi connectivity index (χ1n) is 7.28. The fourth-order valence-corrected chi connectivity index (χ4v) is 3.44. The zero-order valence-electron chi connectivity index (χ0n) is 11.4. The highest BCUT2D eigenvalue weighted by Crippen LogP contribution is 2.36. The van der Waals surface area contributed by atoms with E-state index < -0.39 is 0 Å². The Morgan fingerprint density at radius 3 is 2.60 bits per heavy atom. The molecule has 0 aromatic heterocycles. The zero-order valence-corrected chi connectivity index (χ0v) is 11.4. The Balaban J connectivity index is 1.54. The van der Waals surface area contributed by atoms with Gasteiger partial charge in [0.15, 0.2) is 0 Å². The number of carbonyl (C=O) groups is 1. The maximum absolute atomic E-state index is 12.5. The molecular weight excluding hydrogens is 246 g/mol. The predicted octanol–water partition coefficient (Wildman–Crippen LogP) is 3.02. The van der Waals surface area contributed by atoms with Gasteiger partial charge < -0.3 is 4.90 Å². The third kappa shape index (κ3) is 1.75. The molecule has 1 aliphatic carbocycles. The number of hydrogen-bond donors (Lipinski definition) is 0. The van der Waals surface area contributed by atoms with Crippen molar-refractivity contribution in [3.8, 4) is 0 Å². The van der Waals surface area contributed by atoms with Crippen molar-refractivity contribution < 1.29 is 4.79 Å². The van der Waals surface area contributed by atoms with Crippen molar-refractivity contribution in [2.45, 2.75) is 18.8 Å². The largest absolute Gasteiger partial charge is 0.338 e. The normalized spacial score (nSPS) is 20.1. The molecule has 2 aliphatic rings. The van der Waals surface area contributed by atoms with E-state index in [1.807, 2.05) is 23.1 Å². The Morgan fingerprint density at radius 1 is 1.00 bits per heavy atom. The molecule has 0 saturated heterocycles. The van der Waals surface area contributed by atoms with Crippen molar-refractivity contribution >= 4 is 5.91 Å². The lowest BCUT2D eigenvalue weighted by Crippen LogP contribution is -2.42. The van der Waals surface area contributed by atoms with Crippen molar-refractivity contribution in [3.05, 3.63) is 70.8 Å². The first-order valence-corrected chi connectivity index (χ1v) is 7.28. The number of rotatable bonds is 2. The summed E-state index contributed by atoms with van der Waals surface area (Å²) >= 11 is 0. The van der Waals surface area contributed by atoms with Gasteiger partial charge in [-0.1, -0.05) is 42.5 Å². The second kappa shape index (κ2) is 4.48. The maximum atomic E-state index is 12.5. The fourth-order valence-electron chi connectivity index (χ4n) is 3.44. The standard InChI is InChI=1S/C18H17NO/c20-18-17-8-4-1-5-13(17)9-10-19(18)12-15-11-14-6-2-3-7-16(14)15/h1-8,15H,9-12H2. The molecule has 0 fully saturated rings. The van der Waals surface area contributed by atoms with E-state index in [0.717, 1.165) is 31.5 Å². The second-order valence-electron chi connectivity index (χ2n) is 5.76. The number of nitrogens with zero attached hydrogens (tertiary/aromatic N) is 1. The van der Waals surface area contributed by atoms with Crippen LogP contribution in [0.15, 0.2) is 48.5 Å². The topological polar surface area (TPSA) is 20.3 Å². The van der Waals surface area contributed by atoms with Crippen LogP contribution in [0.4, 0.5) is 0 Å². The summed E-state index contributed by atoms with van der Waals surface area (Å²) in [5.41, 5.74) is 4.97. The lowest BCUT2D eigenvalue weighted by Gasteiger charge is -2.37. The number of carbonyl (C=O) groups excluding carboxylic acids is 1. The van der Waals surface area contributed by atoms with Crippen LogP contribution in [0.2, 0.25) is 0 Å². The molecule has 1 unspecified atom stereocenters. The number of hydrogen-bond acceptors (Lipinski definition) is 1. The summed E-state index contributed by atoms with van der Waals surface area (Å²) in [7, 11) is 0. The highest BCUT2D eigenvalue weighted by molar-refractivity contribution is 5.96. The molecule has 1 atom stereocenters. The molecule has 100 valence electrons. The van der Waals surface area contributed by atoms with Crippen LogP contribution in [-0.4, -0.2) is 23.9 Å². The molecule has 2 nitrogen and oxygen atoms in total. The Hall–Kier alpha value is -2.09. The van der Waals surface area contributed by atoms with Gasteiger partial charge in [0.25, 0.3) is 5.91 Å². The van der Waals surface area contributed by atoms with Crippen molar-refractivity contribution in [3.63, 3.8) is 0 Å². The molecule has 0 saturated carbocycles. The molecule has 4 rings (SSSR count). The molecule has 0 N–H and O–H groups in total. The second-order valence-corrected chi connectivity index (χ2v) is 5.76. The summed E-state index contributed by atoms with van der Waals surface area (Å²) < 4.78 is 0. The van der Waals surface area contributed by atoms with Crippen molar-refractivity contribution in [1.29, 1.82) is 0 Å². The minimum Gasteiger partial charge on any atom is -0.338 e. The monoisotopic (exact) mass is 263 g/mol.